The molecule has 0 aliphatic rings. The van der Waals surface area contributed by atoms with Gasteiger partial charge >= 0.3 is 12.3 Å². The van der Waals surface area contributed by atoms with E-state index in [2.05, 4.69) is 51.7 Å². The Labute approximate surface area is 182 Å². The highest BCUT2D eigenvalue weighted by molar-refractivity contribution is 6.16. The highest BCUT2D eigenvalue weighted by Crippen LogP contribution is 2.19. The second-order valence-corrected chi connectivity index (χ2v) is 6.85. The Morgan fingerprint density at radius 3 is 1.67 bits per heavy atom. The van der Waals surface area contributed by atoms with E-state index in [0.717, 1.165) is 23.1 Å². The minimum atomic E-state index is -1.83. The highest BCUT2D eigenvalue weighted by Gasteiger charge is 2.04. The molecule has 0 fully saturated rings. The second kappa shape index (κ2) is 22.4. The van der Waals surface area contributed by atoms with Gasteiger partial charge in [-0.3, -0.25) is 4.98 Å². The van der Waals surface area contributed by atoms with Gasteiger partial charge < -0.3 is 31.1 Å². The number of carbonyl (C=O) groups is 2. The molecular formula is C19H34ClN3O7. The fourth-order valence-corrected chi connectivity index (χ4v) is 1.15. The van der Waals surface area contributed by atoms with Crippen molar-refractivity contribution < 1.29 is 34.5 Å². The Morgan fingerprint density at radius 2 is 1.40 bits per heavy atom. The van der Waals surface area contributed by atoms with Crippen LogP contribution in [-0.2, 0) is 5.88 Å². The van der Waals surface area contributed by atoms with Crippen LogP contribution in [0.15, 0.2) is 35.1 Å². The molecule has 0 amide bonds. The van der Waals surface area contributed by atoms with E-state index in [1.54, 1.807) is 12.4 Å². The largest absolute Gasteiger partial charge is 0.503 e. The first-order valence-corrected chi connectivity index (χ1v) is 9.12. The minimum Gasteiger partial charge on any atom is -0.450 e. The van der Waals surface area contributed by atoms with Crippen LogP contribution < -0.4 is 6.15 Å². The lowest BCUT2D eigenvalue weighted by Crippen LogP contribution is -1.81. The summed E-state index contributed by atoms with van der Waals surface area (Å²) in [6.45, 7) is 13.0. The monoisotopic (exact) mass is 451 g/mol. The van der Waals surface area contributed by atoms with E-state index in [-0.39, 0.29) is 6.15 Å². The average molecular weight is 452 g/mol. The molecule has 2 aromatic rings. The normalized spacial score (nSPS) is 8.43. The molecule has 0 atom stereocenters. The van der Waals surface area contributed by atoms with Crippen LogP contribution >= 0.6 is 11.6 Å². The van der Waals surface area contributed by atoms with Gasteiger partial charge in [-0.2, -0.15) is 0 Å². The summed E-state index contributed by atoms with van der Waals surface area (Å²) < 4.78 is 5.07. The van der Waals surface area contributed by atoms with E-state index in [9.17, 15) is 0 Å². The van der Waals surface area contributed by atoms with Crippen LogP contribution in [-0.4, -0.2) is 42.9 Å². The Morgan fingerprint density at radius 1 is 1.00 bits per heavy atom. The third-order valence-corrected chi connectivity index (χ3v) is 1.92. The predicted octanol–water partition coefficient (Wildman–Crippen LogP) is 6.41. The maximum Gasteiger partial charge on any atom is 0.503 e. The Balaban J connectivity index is -0.000000167. The molecule has 2 rings (SSSR count). The van der Waals surface area contributed by atoms with Gasteiger partial charge in [0.1, 0.15) is 0 Å². The summed E-state index contributed by atoms with van der Waals surface area (Å²) in [6.07, 6.45) is -0.235. The lowest BCUT2D eigenvalue weighted by molar-refractivity contribution is 0.135. The van der Waals surface area contributed by atoms with Gasteiger partial charge in [-0.05, 0) is 24.0 Å². The molecule has 0 bridgehead atoms. The van der Waals surface area contributed by atoms with Gasteiger partial charge in [0.15, 0.2) is 5.76 Å². The van der Waals surface area contributed by atoms with E-state index < -0.39 is 12.3 Å². The highest BCUT2D eigenvalue weighted by atomic mass is 35.5. The van der Waals surface area contributed by atoms with Gasteiger partial charge in [0, 0.05) is 24.0 Å². The smallest absolute Gasteiger partial charge is 0.450 e. The molecule has 0 radical (unpaired) electrons. The third kappa shape index (κ3) is 36.1. The molecule has 0 saturated carbocycles. The zero-order valence-electron chi connectivity index (χ0n) is 18.2. The maximum absolute atomic E-state index is 8.56. The number of hydrogen-bond donors (Lipinski definition) is 5. The quantitative estimate of drug-likeness (QED) is 0.319. The summed E-state index contributed by atoms with van der Waals surface area (Å²) in [6, 6.07) is 5.56. The van der Waals surface area contributed by atoms with E-state index >= 15 is 0 Å². The van der Waals surface area contributed by atoms with Crippen LogP contribution in [0.2, 0.25) is 0 Å². The van der Waals surface area contributed by atoms with Gasteiger partial charge in [-0.25, -0.2) is 9.59 Å². The molecule has 2 heterocycles. The molecule has 11 heteroatoms. The molecule has 0 spiro atoms. The van der Waals surface area contributed by atoms with Gasteiger partial charge in [0.05, 0.1) is 11.6 Å². The molecule has 0 saturated heterocycles. The van der Waals surface area contributed by atoms with Crippen molar-refractivity contribution in [3.05, 3.63) is 36.3 Å². The first kappa shape index (κ1) is 34.6. The molecule has 2 aromatic heterocycles. The second-order valence-electron chi connectivity index (χ2n) is 6.59. The fraction of sp³-hybridized carbons (Fsp3) is 0.474. The zero-order chi connectivity index (χ0) is 23.4. The van der Waals surface area contributed by atoms with Gasteiger partial charge in [-0.15, -0.1) is 11.6 Å². The fourth-order valence-electron chi connectivity index (χ4n) is 1.02. The van der Waals surface area contributed by atoms with Crippen LogP contribution in [0.5, 0.6) is 0 Å². The van der Waals surface area contributed by atoms with Crippen LogP contribution in [0.4, 0.5) is 9.59 Å². The molecule has 7 N–H and O–H groups in total. The Kier molecular flexibility index (Phi) is 25.9. The average Bonchev–Trinajstić information content (AvgIpc) is 3.03. The first-order chi connectivity index (χ1) is 13.3. The molecule has 174 valence electrons. The van der Waals surface area contributed by atoms with Gasteiger partial charge in [0.2, 0.25) is 0 Å². The molecular weight excluding hydrogens is 418 g/mol. The number of aromatic nitrogens is 2. The minimum absolute atomic E-state index is 0. The third-order valence-electron chi connectivity index (χ3n) is 1.64. The topological polar surface area (TPSA) is 189 Å². The van der Waals surface area contributed by atoms with E-state index in [1.165, 1.54) is 0 Å². The van der Waals surface area contributed by atoms with Crippen molar-refractivity contribution in [3.8, 4) is 11.3 Å². The number of alkyl halides is 1. The summed E-state index contributed by atoms with van der Waals surface area (Å²) in [5, 5.41) is 31.7. The standard InChI is InChI=1S/C9H7ClN2O.2C4H10.2CH2O3.H3N/c10-5-8-4-9(13-12-8)7-2-1-3-11-6-7;2*1-4(2)3;2*2-1(3)4;/h1-4,6H,5H2;2*4H,1-3H3;2*(H2,2,3,4);1H3. The molecule has 0 aliphatic carbocycles. The number of halogens is 1. The van der Waals surface area contributed by atoms with E-state index in [0.29, 0.717) is 11.6 Å². The maximum atomic E-state index is 8.56. The van der Waals surface area contributed by atoms with Crippen molar-refractivity contribution in [1.82, 2.24) is 16.3 Å². The first-order valence-electron chi connectivity index (χ1n) is 8.59. The van der Waals surface area contributed by atoms with Crippen LogP contribution in [0.1, 0.15) is 47.2 Å². The lowest BCUT2D eigenvalue weighted by atomic mass is 10.2. The molecule has 30 heavy (non-hydrogen) atoms. The van der Waals surface area contributed by atoms with Crippen molar-refractivity contribution in [2.45, 2.75) is 47.4 Å². The summed E-state index contributed by atoms with van der Waals surface area (Å²) in [4.78, 5) is 21.1. The van der Waals surface area contributed by atoms with E-state index in [1.807, 2.05) is 18.2 Å². The molecule has 0 unspecified atom stereocenters. The molecule has 10 nitrogen and oxygen atoms in total. The SMILES string of the molecule is CC(C)C.CC(C)C.ClCc1cc(-c2cccnc2)on1.N.O=C(O)O.O=C(O)O. The number of carboxylic acid groups (broad SMARTS) is 4. The number of pyridine rings is 1. The lowest BCUT2D eigenvalue weighted by Gasteiger charge is -1.90. The van der Waals surface area contributed by atoms with Crippen molar-refractivity contribution in [3.63, 3.8) is 0 Å². The Bertz CT molecular complexity index is 619. The van der Waals surface area contributed by atoms with Crippen LogP contribution in [0, 0.1) is 11.8 Å². The summed E-state index contributed by atoms with van der Waals surface area (Å²) >= 11 is 5.59. The van der Waals surface area contributed by atoms with E-state index in [4.69, 9.17) is 46.1 Å². The van der Waals surface area contributed by atoms with Crippen molar-refractivity contribution >= 4 is 23.9 Å². The van der Waals surface area contributed by atoms with Crippen molar-refractivity contribution in [1.29, 1.82) is 0 Å². The van der Waals surface area contributed by atoms with Gasteiger partial charge in [0.25, 0.3) is 0 Å². The van der Waals surface area contributed by atoms with Gasteiger partial charge in [-0.1, -0.05) is 46.7 Å². The number of nitrogens with zero attached hydrogens (tertiary/aromatic N) is 2. The van der Waals surface area contributed by atoms with Crippen molar-refractivity contribution in [2.24, 2.45) is 11.8 Å². The molecule has 0 aromatic carbocycles. The molecule has 0 aliphatic heterocycles. The summed E-state index contributed by atoms with van der Waals surface area (Å²) in [5.41, 5.74) is 1.65. The Hall–Kier alpha value is -2.85. The summed E-state index contributed by atoms with van der Waals surface area (Å²) in [5.74, 6) is 2.73. The van der Waals surface area contributed by atoms with Crippen molar-refractivity contribution in [2.75, 3.05) is 0 Å². The predicted molar refractivity (Wildman–Crippen MR) is 117 cm³/mol. The number of hydrogen-bond acceptors (Lipinski definition) is 6. The zero-order valence-corrected chi connectivity index (χ0v) is 19.0. The van der Waals surface area contributed by atoms with Crippen LogP contribution in [0.25, 0.3) is 11.3 Å². The number of rotatable bonds is 2. The summed E-state index contributed by atoms with van der Waals surface area (Å²) in [7, 11) is 0. The van der Waals surface area contributed by atoms with Crippen LogP contribution in [0.3, 0.4) is 0 Å².